The second-order valence-electron chi connectivity index (χ2n) is 2.66. The molecule has 0 aliphatic rings. The first-order chi connectivity index (χ1) is 6.15. The standard InChI is InChI=1S/C10H11NO2/c1-3-9(12)6-8-4-5-11-10(13)7(8)2/h3-6,12H,1H2,2H3,(H,11,13)/b9-6+. The Morgan fingerprint density at radius 2 is 2.38 bits per heavy atom. The summed E-state index contributed by atoms with van der Waals surface area (Å²) in [5.74, 6) is 0.0497. The summed E-state index contributed by atoms with van der Waals surface area (Å²) in [5.41, 5.74) is 1.13. The predicted octanol–water partition coefficient (Wildman–Crippen LogP) is 1.77. The number of H-pyrrole nitrogens is 1. The molecular formula is C10H11NO2. The van der Waals surface area contributed by atoms with Gasteiger partial charge >= 0.3 is 0 Å². The fourth-order valence-corrected chi connectivity index (χ4v) is 0.946. The highest BCUT2D eigenvalue weighted by molar-refractivity contribution is 5.55. The van der Waals surface area contributed by atoms with E-state index in [9.17, 15) is 4.79 Å². The Balaban J connectivity index is 3.24. The fraction of sp³-hybridized carbons (Fsp3) is 0.100. The van der Waals surface area contributed by atoms with Crippen molar-refractivity contribution in [3.05, 3.63) is 52.2 Å². The first-order valence-corrected chi connectivity index (χ1v) is 3.86. The SMILES string of the molecule is C=C/C(O)=C\c1cc[nH]c(=O)c1C. The topological polar surface area (TPSA) is 53.1 Å². The summed E-state index contributed by atoms with van der Waals surface area (Å²) in [4.78, 5) is 13.7. The van der Waals surface area contributed by atoms with E-state index < -0.39 is 0 Å². The molecule has 0 saturated carbocycles. The summed E-state index contributed by atoms with van der Waals surface area (Å²) < 4.78 is 0. The van der Waals surface area contributed by atoms with Crippen molar-refractivity contribution in [2.75, 3.05) is 0 Å². The van der Waals surface area contributed by atoms with Gasteiger partial charge in [0.05, 0.1) is 0 Å². The molecule has 1 rings (SSSR count). The van der Waals surface area contributed by atoms with Gasteiger partial charge in [0.15, 0.2) is 0 Å². The maximum Gasteiger partial charge on any atom is 0.251 e. The summed E-state index contributed by atoms with van der Waals surface area (Å²) in [6.07, 6.45) is 4.36. The Bertz CT molecular complexity index is 402. The fourth-order valence-electron chi connectivity index (χ4n) is 0.946. The van der Waals surface area contributed by atoms with Gasteiger partial charge in [-0.15, -0.1) is 0 Å². The number of pyridine rings is 1. The van der Waals surface area contributed by atoms with Gasteiger partial charge in [-0.3, -0.25) is 4.79 Å². The zero-order valence-corrected chi connectivity index (χ0v) is 7.37. The van der Waals surface area contributed by atoms with Crippen LogP contribution < -0.4 is 5.56 Å². The summed E-state index contributed by atoms with van der Waals surface area (Å²) >= 11 is 0. The van der Waals surface area contributed by atoms with Crippen molar-refractivity contribution in [1.82, 2.24) is 4.98 Å². The predicted molar refractivity (Wildman–Crippen MR) is 52.6 cm³/mol. The smallest absolute Gasteiger partial charge is 0.251 e. The van der Waals surface area contributed by atoms with Gasteiger partial charge in [0, 0.05) is 11.8 Å². The van der Waals surface area contributed by atoms with Crippen molar-refractivity contribution in [1.29, 1.82) is 0 Å². The molecule has 0 saturated heterocycles. The van der Waals surface area contributed by atoms with Gasteiger partial charge in [-0.2, -0.15) is 0 Å². The Morgan fingerprint density at radius 3 is 3.00 bits per heavy atom. The number of hydrogen-bond donors (Lipinski definition) is 2. The summed E-state index contributed by atoms with van der Waals surface area (Å²) in [6, 6.07) is 1.72. The molecule has 13 heavy (non-hydrogen) atoms. The minimum Gasteiger partial charge on any atom is -0.508 e. The largest absolute Gasteiger partial charge is 0.508 e. The molecule has 0 spiro atoms. The lowest BCUT2D eigenvalue weighted by molar-refractivity contribution is 0.438. The molecule has 0 atom stereocenters. The van der Waals surface area contributed by atoms with Crippen LogP contribution in [0, 0.1) is 6.92 Å². The second kappa shape index (κ2) is 3.76. The Labute approximate surface area is 76.1 Å². The van der Waals surface area contributed by atoms with Crippen LogP contribution in [0.1, 0.15) is 11.1 Å². The van der Waals surface area contributed by atoms with Gasteiger partial charge in [-0.25, -0.2) is 0 Å². The minimum atomic E-state index is -0.148. The van der Waals surface area contributed by atoms with Crippen LogP contribution in [0.5, 0.6) is 0 Å². The molecule has 0 aromatic carbocycles. The Morgan fingerprint density at radius 1 is 1.69 bits per heavy atom. The van der Waals surface area contributed by atoms with Crippen LogP contribution in [-0.4, -0.2) is 10.1 Å². The van der Waals surface area contributed by atoms with E-state index in [2.05, 4.69) is 11.6 Å². The molecule has 3 nitrogen and oxygen atoms in total. The van der Waals surface area contributed by atoms with Gasteiger partial charge in [-0.05, 0) is 30.7 Å². The van der Waals surface area contributed by atoms with E-state index in [0.29, 0.717) is 11.1 Å². The molecule has 1 aromatic heterocycles. The highest BCUT2D eigenvalue weighted by Gasteiger charge is 1.98. The van der Waals surface area contributed by atoms with Crippen LogP contribution in [0.2, 0.25) is 0 Å². The molecule has 0 unspecified atom stereocenters. The number of aromatic amines is 1. The first kappa shape index (κ1) is 9.32. The van der Waals surface area contributed by atoms with Crippen LogP contribution in [0.4, 0.5) is 0 Å². The van der Waals surface area contributed by atoms with E-state index >= 15 is 0 Å². The Kier molecular flexibility index (Phi) is 2.69. The zero-order chi connectivity index (χ0) is 9.84. The molecule has 1 aromatic rings. The molecule has 3 heteroatoms. The molecule has 2 N–H and O–H groups in total. The highest BCUT2D eigenvalue weighted by Crippen LogP contribution is 2.06. The van der Waals surface area contributed by atoms with E-state index in [1.165, 1.54) is 18.3 Å². The summed E-state index contributed by atoms with van der Waals surface area (Å²) in [5, 5.41) is 9.16. The molecule has 0 aliphatic carbocycles. The average molecular weight is 177 g/mol. The van der Waals surface area contributed by atoms with Gasteiger partial charge in [0.1, 0.15) is 5.76 Å². The number of rotatable bonds is 2. The second-order valence-corrected chi connectivity index (χ2v) is 2.66. The maximum absolute atomic E-state index is 11.1. The number of allylic oxidation sites excluding steroid dienone is 1. The third kappa shape index (κ3) is 2.08. The van der Waals surface area contributed by atoms with Crippen molar-refractivity contribution >= 4 is 6.08 Å². The molecule has 0 bridgehead atoms. The average Bonchev–Trinajstić information content (AvgIpc) is 2.13. The van der Waals surface area contributed by atoms with Crippen LogP contribution in [0.3, 0.4) is 0 Å². The number of aromatic nitrogens is 1. The van der Waals surface area contributed by atoms with Gasteiger partial charge in [-0.1, -0.05) is 6.58 Å². The minimum absolute atomic E-state index is 0.0497. The molecule has 0 aliphatic heterocycles. The monoisotopic (exact) mass is 177 g/mol. The maximum atomic E-state index is 11.1. The third-order valence-electron chi connectivity index (χ3n) is 1.76. The normalized spacial score (nSPS) is 11.3. The van der Waals surface area contributed by atoms with Crippen LogP contribution >= 0.6 is 0 Å². The van der Waals surface area contributed by atoms with Crippen molar-refractivity contribution < 1.29 is 5.11 Å². The number of aliphatic hydroxyl groups is 1. The van der Waals surface area contributed by atoms with E-state index in [-0.39, 0.29) is 11.3 Å². The third-order valence-corrected chi connectivity index (χ3v) is 1.76. The van der Waals surface area contributed by atoms with Crippen LogP contribution in [0.15, 0.2) is 35.5 Å². The van der Waals surface area contributed by atoms with E-state index in [0.717, 1.165) is 0 Å². The number of aliphatic hydroxyl groups excluding tert-OH is 1. The molecular weight excluding hydrogens is 166 g/mol. The van der Waals surface area contributed by atoms with E-state index in [4.69, 9.17) is 5.11 Å². The van der Waals surface area contributed by atoms with Crippen molar-refractivity contribution in [3.63, 3.8) is 0 Å². The Hall–Kier alpha value is -1.77. The first-order valence-electron chi connectivity index (χ1n) is 3.86. The lowest BCUT2D eigenvalue weighted by atomic mass is 10.1. The highest BCUT2D eigenvalue weighted by atomic mass is 16.3. The lowest BCUT2D eigenvalue weighted by Crippen LogP contribution is -2.09. The molecule has 0 radical (unpaired) electrons. The van der Waals surface area contributed by atoms with Crippen molar-refractivity contribution in [2.24, 2.45) is 0 Å². The van der Waals surface area contributed by atoms with Crippen LogP contribution in [-0.2, 0) is 0 Å². The van der Waals surface area contributed by atoms with Crippen molar-refractivity contribution in [3.8, 4) is 0 Å². The summed E-state index contributed by atoms with van der Waals surface area (Å²) in [7, 11) is 0. The van der Waals surface area contributed by atoms with Gasteiger partial charge in [0.2, 0.25) is 0 Å². The van der Waals surface area contributed by atoms with E-state index in [1.54, 1.807) is 13.0 Å². The zero-order valence-electron chi connectivity index (χ0n) is 7.37. The number of hydrogen-bond acceptors (Lipinski definition) is 2. The van der Waals surface area contributed by atoms with E-state index in [1.807, 2.05) is 0 Å². The van der Waals surface area contributed by atoms with Gasteiger partial charge in [0.25, 0.3) is 5.56 Å². The lowest BCUT2D eigenvalue weighted by Gasteiger charge is -1.97. The molecule has 1 heterocycles. The van der Waals surface area contributed by atoms with Crippen LogP contribution in [0.25, 0.3) is 6.08 Å². The molecule has 0 amide bonds. The molecule has 0 fully saturated rings. The number of nitrogens with one attached hydrogen (secondary N) is 1. The molecule has 68 valence electrons. The quantitative estimate of drug-likeness (QED) is 0.534. The van der Waals surface area contributed by atoms with Crippen molar-refractivity contribution in [2.45, 2.75) is 6.92 Å². The van der Waals surface area contributed by atoms with Gasteiger partial charge < -0.3 is 10.1 Å². The summed E-state index contributed by atoms with van der Waals surface area (Å²) in [6.45, 7) is 5.10.